The Kier molecular flexibility index (Phi) is 5.75. The number of rotatable bonds is 3. The SMILES string of the molecule is CC(C)[Si]1(C(C)C)C2=CC(=O)C=CC2=Nc2ccc(O)c(-c3cc(I)c(Br)[se]3)c21. The second-order valence-corrected chi connectivity index (χ2v) is 18.5. The maximum atomic E-state index is 12.4. The summed E-state index contributed by atoms with van der Waals surface area (Å²) < 4.78 is 3.57. The fourth-order valence-corrected chi connectivity index (χ4v) is 15.4. The number of halogens is 2. The molecule has 0 fully saturated rings. The Labute approximate surface area is 200 Å². The Bertz CT molecular complexity index is 1100. The zero-order valence-corrected chi connectivity index (χ0v) is 23.0. The number of phenols is 1. The quantitative estimate of drug-likeness (QED) is 0.267. The van der Waals surface area contributed by atoms with E-state index in [1.165, 1.54) is 16.5 Å². The Morgan fingerprint density at radius 1 is 1.17 bits per heavy atom. The van der Waals surface area contributed by atoms with Crippen molar-refractivity contribution in [1.29, 1.82) is 0 Å². The van der Waals surface area contributed by atoms with Gasteiger partial charge in [0.05, 0.1) is 0 Å². The van der Waals surface area contributed by atoms with Crippen molar-refractivity contribution >= 4 is 83.5 Å². The molecule has 1 aliphatic heterocycles. The van der Waals surface area contributed by atoms with E-state index >= 15 is 0 Å². The normalized spacial score (nSPS) is 17.3. The molecule has 0 atom stereocenters. The number of hydrogen-bond acceptors (Lipinski definition) is 3. The monoisotopic (exact) mass is 645 g/mol. The molecule has 4 rings (SSSR count). The van der Waals surface area contributed by atoms with Crippen molar-refractivity contribution in [3.05, 3.63) is 48.5 Å². The molecule has 1 N–H and O–H groups in total. The van der Waals surface area contributed by atoms with Crippen LogP contribution in [-0.4, -0.2) is 39.2 Å². The van der Waals surface area contributed by atoms with Crippen LogP contribution < -0.4 is 5.19 Å². The summed E-state index contributed by atoms with van der Waals surface area (Å²) in [6.07, 6.45) is 5.30. The van der Waals surface area contributed by atoms with E-state index in [0.29, 0.717) is 16.8 Å². The number of carbonyl (C=O) groups excluding carboxylic acids is 1. The van der Waals surface area contributed by atoms with Gasteiger partial charge >= 0.3 is 201 Å². The molecule has 0 amide bonds. The van der Waals surface area contributed by atoms with Gasteiger partial charge in [-0.2, -0.15) is 0 Å². The molecular formula is C22H21BrINO2SeSi. The Balaban J connectivity index is 2.17. The molecule has 1 aromatic carbocycles. The summed E-state index contributed by atoms with van der Waals surface area (Å²) >= 11 is 6.15. The van der Waals surface area contributed by atoms with Gasteiger partial charge < -0.3 is 0 Å². The van der Waals surface area contributed by atoms with Crippen LogP contribution in [-0.2, 0) is 4.79 Å². The summed E-state index contributed by atoms with van der Waals surface area (Å²) in [5, 5.41) is 13.4. The van der Waals surface area contributed by atoms with E-state index in [0.717, 1.165) is 22.2 Å². The predicted octanol–water partition coefficient (Wildman–Crippen LogP) is 5.65. The number of carbonyl (C=O) groups is 1. The van der Waals surface area contributed by atoms with Gasteiger partial charge in [0.1, 0.15) is 0 Å². The standard InChI is InChI=1S/C22H21BrINO2SeSi/c1-11(2)29(12(3)4)19-9-13(26)5-6-15(19)25-16-7-8-17(27)20(21(16)29)18-10-14(24)22(23)28-18/h5-12,27H,1-4H3. The molecule has 0 saturated heterocycles. The van der Waals surface area contributed by atoms with E-state index in [1.807, 2.05) is 18.2 Å². The second-order valence-electron chi connectivity index (χ2n) is 8.06. The van der Waals surface area contributed by atoms with Gasteiger partial charge in [0.25, 0.3) is 0 Å². The molecule has 0 unspecified atom stereocenters. The first-order chi connectivity index (χ1) is 13.7. The zero-order valence-electron chi connectivity index (χ0n) is 16.6. The van der Waals surface area contributed by atoms with Crippen molar-refractivity contribution in [3.8, 4) is 15.8 Å². The predicted molar refractivity (Wildman–Crippen MR) is 136 cm³/mol. The Morgan fingerprint density at radius 3 is 2.45 bits per heavy atom. The summed E-state index contributed by atoms with van der Waals surface area (Å²) in [4.78, 5) is 17.3. The van der Waals surface area contributed by atoms with Crippen LogP contribution in [0.5, 0.6) is 5.75 Å². The number of fused-ring (bicyclic) bond motifs is 2. The first-order valence-electron chi connectivity index (χ1n) is 9.52. The Morgan fingerprint density at radius 2 is 1.86 bits per heavy atom. The van der Waals surface area contributed by atoms with Crippen LogP contribution in [0.15, 0.2) is 50.0 Å². The van der Waals surface area contributed by atoms with Gasteiger partial charge in [-0.25, -0.2) is 0 Å². The van der Waals surface area contributed by atoms with Gasteiger partial charge in [-0.05, 0) is 0 Å². The number of aliphatic imine (C=N–C) groups is 1. The molecule has 2 heterocycles. The first-order valence-corrected chi connectivity index (χ1v) is 15.3. The number of hydrogen-bond donors (Lipinski definition) is 1. The van der Waals surface area contributed by atoms with E-state index in [9.17, 15) is 9.90 Å². The fraction of sp³-hybridized carbons (Fsp3) is 0.273. The van der Waals surface area contributed by atoms with Gasteiger partial charge in [0.2, 0.25) is 0 Å². The van der Waals surface area contributed by atoms with E-state index in [-0.39, 0.29) is 20.3 Å². The van der Waals surface area contributed by atoms with Gasteiger partial charge in [0.15, 0.2) is 0 Å². The molecule has 1 aliphatic carbocycles. The number of allylic oxidation sites excluding steroid dienone is 4. The van der Waals surface area contributed by atoms with Crippen LogP contribution in [0, 0.1) is 3.57 Å². The summed E-state index contributed by atoms with van der Waals surface area (Å²) in [5.74, 6) is 0.351. The van der Waals surface area contributed by atoms with Gasteiger partial charge in [-0.15, -0.1) is 0 Å². The molecule has 1 aromatic heterocycles. The van der Waals surface area contributed by atoms with E-state index < -0.39 is 8.07 Å². The molecule has 0 spiro atoms. The minimum absolute atomic E-state index is 0.0329. The molecule has 0 radical (unpaired) electrons. The molecule has 3 nitrogen and oxygen atoms in total. The van der Waals surface area contributed by atoms with Crippen LogP contribution in [0.2, 0.25) is 11.1 Å². The van der Waals surface area contributed by atoms with Crippen LogP contribution >= 0.6 is 38.5 Å². The van der Waals surface area contributed by atoms with Crippen molar-refractivity contribution in [2.75, 3.05) is 0 Å². The summed E-state index contributed by atoms with van der Waals surface area (Å²) in [7, 11) is -2.42. The third kappa shape index (κ3) is 3.24. The molecule has 0 bridgehead atoms. The topological polar surface area (TPSA) is 49.7 Å². The number of benzene rings is 1. The average Bonchev–Trinajstić information content (AvgIpc) is 2.97. The third-order valence-electron chi connectivity index (χ3n) is 5.94. The molecule has 2 aliphatic rings. The van der Waals surface area contributed by atoms with Crippen molar-refractivity contribution in [2.45, 2.75) is 38.8 Å². The average molecular weight is 645 g/mol. The zero-order chi connectivity index (χ0) is 21.1. The van der Waals surface area contributed by atoms with E-state index in [2.05, 4.69) is 72.3 Å². The summed E-state index contributed by atoms with van der Waals surface area (Å²) in [6, 6.07) is 5.91. The van der Waals surface area contributed by atoms with Crippen LogP contribution in [0.4, 0.5) is 5.69 Å². The van der Waals surface area contributed by atoms with Crippen LogP contribution in [0.25, 0.3) is 10.0 Å². The van der Waals surface area contributed by atoms with Gasteiger partial charge in [-0.3, -0.25) is 0 Å². The first kappa shape index (κ1) is 21.5. The van der Waals surface area contributed by atoms with Crippen molar-refractivity contribution in [2.24, 2.45) is 4.99 Å². The van der Waals surface area contributed by atoms with Crippen molar-refractivity contribution in [3.63, 3.8) is 0 Å². The number of nitrogens with zero attached hydrogens (tertiary/aromatic N) is 1. The van der Waals surface area contributed by atoms with Crippen LogP contribution in [0.1, 0.15) is 27.7 Å². The molecule has 29 heavy (non-hydrogen) atoms. The maximum absolute atomic E-state index is 12.4. The minimum atomic E-state index is -2.42. The molecular weight excluding hydrogens is 624 g/mol. The molecule has 150 valence electrons. The second kappa shape index (κ2) is 7.75. The van der Waals surface area contributed by atoms with Gasteiger partial charge in [-0.1, -0.05) is 0 Å². The molecule has 2 aromatic rings. The van der Waals surface area contributed by atoms with E-state index in [4.69, 9.17) is 4.99 Å². The van der Waals surface area contributed by atoms with Crippen molar-refractivity contribution < 1.29 is 9.90 Å². The molecule has 0 saturated carbocycles. The van der Waals surface area contributed by atoms with E-state index in [1.54, 1.807) is 12.1 Å². The fourth-order valence-electron chi connectivity index (χ4n) is 4.89. The molecule has 7 heteroatoms. The number of phenolic OH excluding ortho intramolecular Hbond substituents is 1. The Hall–Kier alpha value is -0.734. The van der Waals surface area contributed by atoms with Crippen LogP contribution in [0.3, 0.4) is 0 Å². The van der Waals surface area contributed by atoms with Gasteiger partial charge in [0, 0.05) is 0 Å². The van der Waals surface area contributed by atoms with Crippen molar-refractivity contribution in [1.82, 2.24) is 0 Å². The summed E-state index contributed by atoms with van der Waals surface area (Å²) in [6.45, 7) is 9.07. The number of ketones is 1. The summed E-state index contributed by atoms with van der Waals surface area (Å²) in [5.41, 5.74) is 3.52. The third-order valence-corrected chi connectivity index (χ3v) is 17.9. The number of aromatic hydroxyl groups is 1.